The number of rotatable bonds is 12. The molecule has 2 aromatic carbocycles. The second-order valence-electron chi connectivity index (χ2n) is 14.2. The number of carbonyl (C=O) groups is 2. The van der Waals surface area contributed by atoms with Gasteiger partial charge in [-0.3, -0.25) is 9.59 Å². The Hall–Kier alpha value is -4.22. The highest BCUT2D eigenvalue weighted by molar-refractivity contribution is 6.76. The second kappa shape index (κ2) is 13.1. The molecule has 2 aliphatic heterocycles. The van der Waals surface area contributed by atoms with Crippen LogP contribution in [0, 0.1) is 11.8 Å². The molecule has 2 saturated carbocycles. The maximum atomic E-state index is 13.4. The molecule has 2 aliphatic carbocycles. The molecule has 3 aromatic rings. The number of carbonyl (C=O) groups excluding carboxylic acids is 2. The van der Waals surface area contributed by atoms with Gasteiger partial charge in [-0.2, -0.15) is 0 Å². The number of imidazole rings is 1. The minimum Gasteiger partial charge on any atom is -0.493 e. The summed E-state index contributed by atoms with van der Waals surface area (Å²) in [4.78, 5) is 37.0. The minimum atomic E-state index is -1.21. The van der Waals surface area contributed by atoms with E-state index >= 15 is 0 Å². The fourth-order valence-corrected chi connectivity index (χ4v) is 6.61. The number of amides is 2. The molecule has 2 atom stereocenters. The molecule has 2 unspecified atom stereocenters. The Morgan fingerprint density at radius 1 is 1.04 bits per heavy atom. The molecular weight excluding hydrogens is 611 g/mol. The summed E-state index contributed by atoms with van der Waals surface area (Å²) in [6.07, 6.45) is 8.65. The van der Waals surface area contributed by atoms with Crippen LogP contribution in [0.3, 0.4) is 0 Å². The molecule has 2 fully saturated rings. The van der Waals surface area contributed by atoms with E-state index in [1.165, 1.54) is 4.90 Å². The van der Waals surface area contributed by atoms with E-state index in [0.29, 0.717) is 31.4 Å². The van der Waals surface area contributed by atoms with Crippen LogP contribution in [0.5, 0.6) is 11.5 Å². The summed E-state index contributed by atoms with van der Waals surface area (Å²) in [6, 6.07) is 17.0. The van der Waals surface area contributed by atoms with Crippen molar-refractivity contribution in [3.63, 3.8) is 0 Å². The number of aliphatic imine (C=N–C) groups is 1. The Labute approximate surface area is 276 Å². The lowest BCUT2D eigenvalue weighted by Crippen LogP contribution is -2.52. The molecule has 1 N–H and O–H groups in total. The van der Waals surface area contributed by atoms with Crippen molar-refractivity contribution in [2.75, 3.05) is 13.2 Å². The first-order valence-corrected chi connectivity index (χ1v) is 20.4. The number of benzene rings is 2. The molecule has 1 aromatic heterocycles. The largest absolute Gasteiger partial charge is 0.493 e. The first-order chi connectivity index (χ1) is 22.7. The third kappa shape index (κ3) is 7.52. The average Bonchev–Trinajstić information content (AvgIpc) is 4.00. The predicted molar refractivity (Wildman–Crippen MR) is 182 cm³/mol. The lowest BCUT2D eigenvalue weighted by atomic mass is 9.96. The molecule has 10 nitrogen and oxygen atoms in total. The van der Waals surface area contributed by atoms with Crippen LogP contribution in [-0.4, -0.2) is 60.1 Å². The Kier molecular flexibility index (Phi) is 8.76. The molecule has 0 spiro atoms. The first kappa shape index (κ1) is 31.4. The number of ether oxygens (including phenoxy) is 3. The molecule has 3 heterocycles. The van der Waals surface area contributed by atoms with Gasteiger partial charge in [0.15, 0.2) is 0 Å². The van der Waals surface area contributed by atoms with Gasteiger partial charge in [0.1, 0.15) is 24.1 Å². The molecule has 2 amide bonds. The van der Waals surface area contributed by atoms with Crippen LogP contribution in [0.1, 0.15) is 43.0 Å². The van der Waals surface area contributed by atoms with Crippen molar-refractivity contribution in [1.29, 1.82) is 0 Å². The van der Waals surface area contributed by atoms with Gasteiger partial charge in [-0.15, -0.1) is 0 Å². The minimum absolute atomic E-state index is 0.00280. The maximum absolute atomic E-state index is 13.4. The second-order valence-corrected chi connectivity index (χ2v) is 19.8. The highest BCUT2D eigenvalue weighted by Crippen LogP contribution is 2.38. The summed E-state index contributed by atoms with van der Waals surface area (Å²) in [6.45, 7) is 8.73. The summed E-state index contributed by atoms with van der Waals surface area (Å²) in [5.74, 6) is 2.45. The van der Waals surface area contributed by atoms with E-state index in [4.69, 9.17) is 19.2 Å². The van der Waals surface area contributed by atoms with E-state index in [2.05, 4.69) is 52.8 Å². The van der Waals surface area contributed by atoms with Crippen LogP contribution < -0.4 is 14.8 Å². The summed E-state index contributed by atoms with van der Waals surface area (Å²) < 4.78 is 20.9. The van der Waals surface area contributed by atoms with Gasteiger partial charge in [0.05, 0.1) is 18.2 Å². The Bertz CT molecular complexity index is 1690. The normalized spacial score (nSPS) is 20.7. The molecule has 47 heavy (non-hydrogen) atoms. The number of hydrogen-bond acceptors (Lipinski definition) is 7. The number of nitrogens with one attached hydrogen (secondary N) is 1. The molecule has 4 aliphatic rings. The van der Waals surface area contributed by atoms with Gasteiger partial charge in [0.25, 0.3) is 0 Å². The van der Waals surface area contributed by atoms with Crippen LogP contribution >= 0.6 is 0 Å². The summed E-state index contributed by atoms with van der Waals surface area (Å²) in [5.41, 5.74) is 2.97. The molecule has 246 valence electrons. The molecular formula is C36H43N5O5Si. The molecule has 11 heteroatoms. The smallest absolute Gasteiger partial charge is 0.235 e. The van der Waals surface area contributed by atoms with Gasteiger partial charge in [0.2, 0.25) is 24.0 Å². The maximum Gasteiger partial charge on any atom is 0.235 e. The molecule has 0 radical (unpaired) electrons. The number of aromatic nitrogens is 2. The third-order valence-electron chi connectivity index (χ3n) is 8.94. The topological polar surface area (TPSA) is 107 Å². The Balaban J connectivity index is 1.10. The first-order valence-electron chi connectivity index (χ1n) is 16.7. The average molecular weight is 654 g/mol. The fourth-order valence-electron chi connectivity index (χ4n) is 5.86. The van der Waals surface area contributed by atoms with E-state index in [1.807, 2.05) is 36.4 Å². The van der Waals surface area contributed by atoms with Crippen molar-refractivity contribution < 1.29 is 23.8 Å². The Morgan fingerprint density at radius 2 is 1.83 bits per heavy atom. The van der Waals surface area contributed by atoms with Crippen molar-refractivity contribution in [3.8, 4) is 22.8 Å². The van der Waals surface area contributed by atoms with Crippen molar-refractivity contribution in [1.82, 2.24) is 19.8 Å². The van der Waals surface area contributed by atoms with Crippen molar-refractivity contribution in [2.45, 2.75) is 76.7 Å². The molecule has 0 bridgehead atoms. The Morgan fingerprint density at radius 3 is 2.57 bits per heavy atom. The van der Waals surface area contributed by atoms with Gasteiger partial charge < -0.3 is 24.1 Å². The van der Waals surface area contributed by atoms with Gasteiger partial charge in [0, 0.05) is 50.6 Å². The van der Waals surface area contributed by atoms with Gasteiger partial charge in [-0.25, -0.2) is 14.9 Å². The zero-order chi connectivity index (χ0) is 32.5. The number of hydrogen-bond donors (Lipinski definition) is 1. The van der Waals surface area contributed by atoms with E-state index in [9.17, 15) is 9.59 Å². The zero-order valence-corrected chi connectivity index (χ0v) is 28.4. The number of nitrogens with zero attached hydrogens (tertiary/aromatic N) is 4. The number of fused-ring (bicyclic) bond motifs is 1. The highest BCUT2D eigenvalue weighted by Gasteiger charge is 2.41. The summed E-state index contributed by atoms with van der Waals surface area (Å²) >= 11 is 0. The van der Waals surface area contributed by atoms with Crippen LogP contribution in [0.15, 0.2) is 71.7 Å². The van der Waals surface area contributed by atoms with Gasteiger partial charge in [-0.05, 0) is 61.9 Å². The van der Waals surface area contributed by atoms with Gasteiger partial charge >= 0.3 is 0 Å². The molecule has 7 rings (SSSR count). The summed E-state index contributed by atoms with van der Waals surface area (Å²) in [7, 11) is -1.21. The quantitative estimate of drug-likeness (QED) is 0.192. The van der Waals surface area contributed by atoms with Crippen LogP contribution in [0.4, 0.5) is 0 Å². The summed E-state index contributed by atoms with van der Waals surface area (Å²) in [5, 5.41) is 2.94. The third-order valence-corrected chi connectivity index (χ3v) is 10.6. The van der Waals surface area contributed by atoms with Crippen LogP contribution in [-0.2, 0) is 27.5 Å². The van der Waals surface area contributed by atoms with E-state index in [-0.39, 0.29) is 29.6 Å². The van der Waals surface area contributed by atoms with E-state index in [1.54, 1.807) is 12.3 Å². The zero-order valence-electron chi connectivity index (χ0n) is 27.4. The lowest BCUT2D eigenvalue weighted by molar-refractivity contribution is -0.136. The predicted octanol–water partition coefficient (Wildman–Crippen LogP) is 5.93. The van der Waals surface area contributed by atoms with Crippen molar-refractivity contribution in [3.05, 3.63) is 78.1 Å². The molecule has 0 saturated heterocycles. The fraction of sp³-hybridized carbons (Fsp3) is 0.444. The van der Waals surface area contributed by atoms with Crippen LogP contribution in [0.2, 0.25) is 25.7 Å². The number of allylic oxidation sites excluding steroid dienone is 1. The van der Waals surface area contributed by atoms with E-state index in [0.717, 1.165) is 66.7 Å². The van der Waals surface area contributed by atoms with Crippen molar-refractivity contribution >= 4 is 26.1 Å². The lowest BCUT2D eigenvalue weighted by Gasteiger charge is -2.33. The highest BCUT2D eigenvalue weighted by atomic mass is 28.3. The van der Waals surface area contributed by atoms with Crippen LogP contribution in [0.25, 0.3) is 11.3 Å². The van der Waals surface area contributed by atoms with Gasteiger partial charge in [-0.1, -0.05) is 50.0 Å². The monoisotopic (exact) mass is 653 g/mol. The SMILES string of the molecule is C[Si](C)(C)CCOCn1cc(-c2ccccc2)nc1C1COc2ccc(OC3=CC=NC(NC(=O)C4CC4)N3C(=O)C3CC3)cc2C1. The van der Waals surface area contributed by atoms with E-state index < -0.39 is 14.4 Å². The van der Waals surface area contributed by atoms with Crippen molar-refractivity contribution in [2.24, 2.45) is 16.8 Å². The standard InChI is InChI=1S/C36H43N5O5Si/c1-47(2,3)18-17-44-23-40-21-30(24-7-5-4-6-8-24)38-33(40)28-19-27-20-29(13-14-31(27)45-22-28)46-32-15-16-37-36(39-34(42)25-9-10-25)41(32)35(43)26-11-12-26/h4-8,13-16,20-21,25-26,28,36H,9-12,17-19,22-23H2,1-3H3,(H,39,42).